The number of rotatable bonds is 4. The van der Waals surface area contributed by atoms with Crippen molar-refractivity contribution in [2.45, 2.75) is 20.0 Å². The summed E-state index contributed by atoms with van der Waals surface area (Å²) in [7, 11) is 0. The normalized spacial score (nSPS) is 20.7. The molecule has 1 heterocycles. The Morgan fingerprint density at radius 1 is 1.43 bits per heavy atom. The Morgan fingerprint density at radius 3 is 2.50 bits per heavy atom. The number of cyclic esters (lactones) is 2. The van der Waals surface area contributed by atoms with E-state index >= 15 is 0 Å². The van der Waals surface area contributed by atoms with Crippen LogP contribution in [0.25, 0.3) is 0 Å². The quantitative estimate of drug-likeness (QED) is 0.465. The summed E-state index contributed by atoms with van der Waals surface area (Å²) in [6, 6.07) is 0. The Bertz CT molecular complexity index is 213. The van der Waals surface area contributed by atoms with Gasteiger partial charge in [0.1, 0.15) is 0 Å². The van der Waals surface area contributed by atoms with Crippen LogP contribution in [-0.4, -0.2) is 49.2 Å². The minimum atomic E-state index is -0.482. The van der Waals surface area contributed by atoms with E-state index in [9.17, 15) is 9.59 Å². The van der Waals surface area contributed by atoms with Crippen LogP contribution >= 0.6 is 0 Å². The van der Waals surface area contributed by atoms with Gasteiger partial charge in [-0.1, -0.05) is 0 Å². The largest absolute Gasteiger partial charge is 0.391 e. The van der Waals surface area contributed by atoms with E-state index in [2.05, 4.69) is 4.74 Å². The Kier molecular flexibility index (Phi) is 4.03. The number of carbonyl (C=O) groups is 2. The number of morpholine rings is 1. The molecule has 1 unspecified atom stereocenters. The molecule has 0 radical (unpaired) electrons. The van der Waals surface area contributed by atoms with Crippen LogP contribution in [0.5, 0.6) is 0 Å². The molecule has 0 amide bonds. The molecule has 1 atom stereocenters. The number of ether oxygens (including phenoxy) is 2. The molecule has 0 saturated carbocycles. The van der Waals surface area contributed by atoms with Gasteiger partial charge in [-0.2, -0.15) is 0 Å². The lowest BCUT2D eigenvalue weighted by atomic mass is 10.3. The van der Waals surface area contributed by atoms with Crippen LogP contribution in [0.1, 0.15) is 13.8 Å². The zero-order valence-electron chi connectivity index (χ0n) is 8.49. The van der Waals surface area contributed by atoms with Crippen LogP contribution in [0, 0.1) is 0 Å². The topological polar surface area (TPSA) is 55.8 Å². The molecule has 1 aliphatic heterocycles. The number of carbonyl (C=O) groups excluding carboxylic acids is 2. The second-order valence-corrected chi connectivity index (χ2v) is 3.28. The van der Waals surface area contributed by atoms with Crippen LogP contribution in [-0.2, 0) is 19.1 Å². The molecule has 0 aromatic rings. The fraction of sp³-hybridized carbons (Fsp3) is 0.778. The van der Waals surface area contributed by atoms with Crippen molar-refractivity contribution in [3.63, 3.8) is 0 Å². The first kappa shape index (κ1) is 11.1. The Hall–Kier alpha value is -0.940. The average molecular weight is 201 g/mol. The molecule has 80 valence electrons. The van der Waals surface area contributed by atoms with Crippen LogP contribution in [0.3, 0.4) is 0 Å². The smallest absolute Gasteiger partial charge is 0.327 e. The van der Waals surface area contributed by atoms with E-state index in [1.807, 2.05) is 13.8 Å². The molecule has 0 N–H and O–H groups in total. The number of hydrogen-bond acceptors (Lipinski definition) is 5. The summed E-state index contributed by atoms with van der Waals surface area (Å²) in [6.07, 6.45) is 0.0266. The summed E-state index contributed by atoms with van der Waals surface area (Å²) in [4.78, 5) is 23.5. The summed E-state index contributed by atoms with van der Waals surface area (Å²) in [6.45, 7) is 5.37. The molecule has 1 rings (SSSR count). The Labute approximate surface area is 83.0 Å². The van der Waals surface area contributed by atoms with Crippen LogP contribution < -0.4 is 0 Å². The zero-order valence-corrected chi connectivity index (χ0v) is 8.49. The maximum atomic E-state index is 10.9. The van der Waals surface area contributed by atoms with Gasteiger partial charge in [-0.3, -0.25) is 14.5 Å². The van der Waals surface area contributed by atoms with Gasteiger partial charge in [-0.15, -0.1) is 0 Å². The lowest BCUT2D eigenvalue weighted by Gasteiger charge is -2.26. The molecule has 0 aromatic carbocycles. The highest BCUT2D eigenvalue weighted by Gasteiger charge is 2.25. The molecular weight excluding hydrogens is 186 g/mol. The molecule has 1 saturated heterocycles. The SMILES string of the molecule is CCOC(C)CN1CC(=O)OC(=O)C1. The van der Waals surface area contributed by atoms with Crippen molar-refractivity contribution in [1.29, 1.82) is 0 Å². The van der Waals surface area contributed by atoms with Gasteiger partial charge in [0, 0.05) is 13.2 Å². The summed E-state index contributed by atoms with van der Waals surface area (Å²) >= 11 is 0. The second kappa shape index (κ2) is 5.07. The molecular formula is C9H15NO4. The first-order chi connectivity index (χ1) is 6.61. The van der Waals surface area contributed by atoms with Crippen LogP contribution in [0.15, 0.2) is 0 Å². The predicted octanol–water partition coefficient (Wildman–Crippen LogP) is -0.203. The van der Waals surface area contributed by atoms with E-state index in [-0.39, 0.29) is 19.2 Å². The first-order valence-corrected chi connectivity index (χ1v) is 4.69. The number of hydrogen-bond donors (Lipinski definition) is 0. The van der Waals surface area contributed by atoms with Crippen molar-refractivity contribution in [1.82, 2.24) is 4.90 Å². The maximum Gasteiger partial charge on any atom is 0.327 e. The third-order valence-corrected chi connectivity index (χ3v) is 1.90. The van der Waals surface area contributed by atoms with Gasteiger partial charge >= 0.3 is 11.9 Å². The molecule has 1 fully saturated rings. The van der Waals surface area contributed by atoms with Crippen molar-refractivity contribution in [3.05, 3.63) is 0 Å². The van der Waals surface area contributed by atoms with Crippen molar-refractivity contribution in [3.8, 4) is 0 Å². The van der Waals surface area contributed by atoms with Crippen LogP contribution in [0.4, 0.5) is 0 Å². The zero-order chi connectivity index (χ0) is 10.6. The van der Waals surface area contributed by atoms with Crippen molar-refractivity contribution >= 4 is 11.9 Å². The molecule has 0 aliphatic carbocycles. The van der Waals surface area contributed by atoms with Gasteiger partial charge in [-0.25, -0.2) is 0 Å². The average Bonchev–Trinajstić information content (AvgIpc) is 2.01. The van der Waals surface area contributed by atoms with E-state index in [4.69, 9.17) is 4.74 Å². The summed E-state index contributed by atoms with van der Waals surface area (Å²) < 4.78 is 9.71. The lowest BCUT2D eigenvalue weighted by molar-refractivity contribution is -0.167. The monoisotopic (exact) mass is 201 g/mol. The molecule has 0 spiro atoms. The van der Waals surface area contributed by atoms with E-state index in [0.717, 1.165) is 0 Å². The van der Waals surface area contributed by atoms with E-state index < -0.39 is 11.9 Å². The summed E-state index contributed by atoms with van der Waals surface area (Å²) in [5, 5.41) is 0. The van der Waals surface area contributed by atoms with E-state index in [0.29, 0.717) is 13.2 Å². The highest BCUT2D eigenvalue weighted by atomic mass is 16.6. The van der Waals surface area contributed by atoms with Crippen LogP contribution in [0.2, 0.25) is 0 Å². The molecule has 1 aliphatic rings. The molecule has 0 aromatic heterocycles. The van der Waals surface area contributed by atoms with Gasteiger partial charge < -0.3 is 9.47 Å². The van der Waals surface area contributed by atoms with Crippen molar-refractivity contribution in [2.24, 2.45) is 0 Å². The Balaban J connectivity index is 2.36. The standard InChI is InChI=1S/C9H15NO4/c1-3-13-7(2)4-10-5-8(11)14-9(12)6-10/h7H,3-6H2,1-2H3. The van der Waals surface area contributed by atoms with Crippen molar-refractivity contribution in [2.75, 3.05) is 26.2 Å². The number of nitrogens with zero attached hydrogens (tertiary/aromatic N) is 1. The molecule has 14 heavy (non-hydrogen) atoms. The minimum Gasteiger partial charge on any atom is -0.391 e. The Morgan fingerprint density at radius 2 is 2.00 bits per heavy atom. The first-order valence-electron chi connectivity index (χ1n) is 4.69. The molecule has 5 nitrogen and oxygen atoms in total. The fourth-order valence-corrected chi connectivity index (χ4v) is 1.44. The fourth-order valence-electron chi connectivity index (χ4n) is 1.44. The lowest BCUT2D eigenvalue weighted by Crippen LogP contribution is -2.45. The van der Waals surface area contributed by atoms with E-state index in [1.165, 1.54) is 0 Å². The summed E-state index contributed by atoms with van der Waals surface area (Å²) in [5.41, 5.74) is 0. The maximum absolute atomic E-state index is 10.9. The molecule has 5 heteroatoms. The highest BCUT2D eigenvalue weighted by Crippen LogP contribution is 2.02. The van der Waals surface area contributed by atoms with Gasteiger partial charge in [-0.05, 0) is 13.8 Å². The van der Waals surface area contributed by atoms with Gasteiger partial charge in [0.25, 0.3) is 0 Å². The van der Waals surface area contributed by atoms with Gasteiger partial charge in [0.05, 0.1) is 19.2 Å². The number of esters is 2. The molecule has 0 bridgehead atoms. The predicted molar refractivity (Wildman–Crippen MR) is 48.6 cm³/mol. The van der Waals surface area contributed by atoms with Gasteiger partial charge in [0.2, 0.25) is 0 Å². The van der Waals surface area contributed by atoms with E-state index in [1.54, 1.807) is 4.90 Å². The summed E-state index contributed by atoms with van der Waals surface area (Å²) in [5.74, 6) is -0.963. The highest BCUT2D eigenvalue weighted by molar-refractivity contribution is 5.90. The van der Waals surface area contributed by atoms with Crippen molar-refractivity contribution < 1.29 is 19.1 Å². The second-order valence-electron chi connectivity index (χ2n) is 3.28. The third kappa shape index (κ3) is 3.43. The third-order valence-electron chi connectivity index (χ3n) is 1.90. The minimum absolute atomic E-state index is 0.0266. The van der Waals surface area contributed by atoms with Gasteiger partial charge in [0.15, 0.2) is 0 Å².